The number of anilines is 4. The molecule has 60 heteroatoms. The van der Waals surface area contributed by atoms with E-state index >= 15 is 0 Å². The zero-order valence-electron chi connectivity index (χ0n) is 77.0. The van der Waals surface area contributed by atoms with Crippen molar-refractivity contribution in [3.8, 4) is 0 Å². The van der Waals surface area contributed by atoms with Gasteiger partial charge in [0.2, 0.25) is 17.7 Å². The monoisotopic (exact) mass is 1990 g/mol. The lowest BCUT2D eigenvalue weighted by molar-refractivity contribution is -0.148. The molecule has 15 heterocycles. The van der Waals surface area contributed by atoms with Crippen molar-refractivity contribution in [1.82, 2.24) is 102 Å². The van der Waals surface area contributed by atoms with Gasteiger partial charge in [-0.3, -0.25) is 76.1 Å². The molecule has 10 aromatic rings. The van der Waals surface area contributed by atoms with Gasteiger partial charge in [0, 0.05) is 47.1 Å². The smallest absolute Gasteiger partial charge is 0.351 e. The molecule has 0 aromatic carbocycles. The van der Waals surface area contributed by atoms with Crippen molar-refractivity contribution >= 4 is 68.9 Å². The lowest BCUT2D eigenvalue weighted by Crippen LogP contribution is -2.53. The molecule has 5 aliphatic heterocycles. The third-order valence-electron chi connectivity index (χ3n) is 24.2. The molecule has 60 nitrogen and oxygen atoms in total. The average molecular weight is 1990 g/mol. The highest BCUT2D eigenvalue weighted by Crippen LogP contribution is 2.61. The van der Waals surface area contributed by atoms with Crippen molar-refractivity contribution in [3.05, 3.63) is 169 Å². The third kappa shape index (κ3) is 27.0. The summed E-state index contributed by atoms with van der Waals surface area (Å²) >= 11 is 0. The number of aromatic amines is 4. The third-order valence-corrected chi connectivity index (χ3v) is 24.2. The number of carbonyl (C=O) groups is 2. The molecule has 4 bridgehead atoms. The van der Waals surface area contributed by atoms with Crippen LogP contribution in [0.3, 0.4) is 0 Å². The van der Waals surface area contributed by atoms with Crippen LogP contribution in [-0.4, -0.2) is 314 Å². The number of hydrogen-bond acceptors (Lipinski definition) is 45. The van der Waals surface area contributed by atoms with Crippen molar-refractivity contribution in [2.75, 3.05) is 82.4 Å². The summed E-state index contributed by atoms with van der Waals surface area (Å²) in [4.78, 5) is 149. The highest BCUT2D eigenvalue weighted by atomic mass is 16.6. The number of carbonyl (C=O) groups excluding carboxylic acids is 2. The maximum absolute atomic E-state index is 11.7. The maximum Gasteiger partial charge on any atom is 0.351 e. The van der Waals surface area contributed by atoms with Gasteiger partial charge in [-0.05, 0) is 119 Å². The van der Waals surface area contributed by atoms with Gasteiger partial charge >= 0.3 is 23.0 Å². The van der Waals surface area contributed by atoms with Crippen molar-refractivity contribution < 1.29 is 109 Å². The molecule has 10 aromatic heterocycles. The fraction of sp³-hybridized carbons (Fsp3) is 0.593. The molecule has 141 heavy (non-hydrogen) atoms. The minimum absolute atomic E-state index is 0. The van der Waals surface area contributed by atoms with Gasteiger partial charge in [0.1, 0.15) is 111 Å². The molecule has 0 radical (unpaired) electrons. The Kier molecular flexibility index (Phi) is 38.9. The number of hydrogen-bond donors (Lipinski definition) is 22. The van der Waals surface area contributed by atoms with E-state index in [1.54, 1.807) is 38.3 Å². The molecule has 4 aliphatic carbocycles. The van der Waals surface area contributed by atoms with Crippen LogP contribution in [0, 0.1) is 42.9 Å². The molecular formula is C81H119N31O29. The number of H-pyrrole nitrogens is 4. The molecule has 17 atom stereocenters. The summed E-state index contributed by atoms with van der Waals surface area (Å²) in [5, 5.41) is 109. The first kappa shape index (κ1) is 110. The van der Waals surface area contributed by atoms with Crippen LogP contribution >= 0.6 is 0 Å². The van der Waals surface area contributed by atoms with Crippen molar-refractivity contribution in [2.45, 2.75) is 216 Å². The Bertz CT molecular complexity index is 6320. The number of nitrogens with two attached hydrogens (primary N) is 7. The Hall–Kier alpha value is -13.0. The van der Waals surface area contributed by atoms with Gasteiger partial charge in [0.05, 0.1) is 90.1 Å². The molecular weight excluding hydrogens is 1870 g/mol. The first-order chi connectivity index (χ1) is 66.8. The predicted molar refractivity (Wildman–Crippen MR) is 490 cm³/mol. The first-order valence-electron chi connectivity index (χ1n) is 44.2. The molecule has 19 rings (SSSR count). The van der Waals surface area contributed by atoms with E-state index in [-0.39, 0.29) is 136 Å². The molecule has 4 saturated heterocycles. The number of esters is 1. The number of azide groups is 1. The van der Waals surface area contributed by atoms with Gasteiger partial charge in [-0.25, -0.2) is 49.0 Å². The van der Waals surface area contributed by atoms with E-state index in [1.807, 2.05) is 13.8 Å². The van der Waals surface area contributed by atoms with Crippen LogP contribution in [-0.2, 0) is 56.2 Å². The van der Waals surface area contributed by atoms with E-state index in [0.717, 1.165) is 35.2 Å². The topological polar surface area (TPSA) is 939 Å². The summed E-state index contributed by atoms with van der Waals surface area (Å²) in [6.07, 6.45) is 13.0. The number of amides is 1. The van der Waals surface area contributed by atoms with Crippen molar-refractivity contribution in [2.24, 2.45) is 51.4 Å². The maximum atomic E-state index is 11.7. The number of aryl methyl sites for hydroxylation is 2. The summed E-state index contributed by atoms with van der Waals surface area (Å²) in [5.41, 5.74) is 47.1. The van der Waals surface area contributed by atoms with E-state index in [1.165, 1.54) is 104 Å². The number of aromatic nitrogens is 21. The fourth-order valence-electron chi connectivity index (χ4n) is 17.0. The number of aliphatic hydroxyl groups is 11. The van der Waals surface area contributed by atoms with Gasteiger partial charge in [0.15, 0.2) is 52.5 Å². The Labute approximate surface area is 795 Å². The molecule has 772 valence electrons. The second-order valence-corrected chi connectivity index (χ2v) is 34.4. The Morgan fingerprint density at radius 2 is 1.15 bits per heavy atom. The number of aliphatic hydroxyl groups excluding tert-OH is 11. The van der Waals surface area contributed by atoms with E-state index in [9.17, 15) is 63.6 Å². The highest BCUT2D eigenvalue weighted by Gasteiger charge is 2.53. The van der Waals surface area contributed by atoms with Gasteiger partial charge in [-0.1, -0.05) is 25.0 Å². The summed E-state index contributed by atoms with van der Waals surface area (Å²) in [5.74, 6) is 2.08. The molecule has 0 spiro atoms. The van der Waals surface area contributed by atoms with Crippen molar-refractivity contribution in [1.29, 1.82) is 0 Å². The first-order valence-corrected chi connectivity index (χ1v) is 44.2. The molecule has 4 saturated carbocycles. The average Bonchev–Trinajstić information content (AvgIpc) is 1.66. The number of nitrogen functional groups attached to an aromatic ring is 4. The van der Waals surface area contributed by atoms with E-state index < -0.39 is 156 Å². The molecule has 31 N–H and O–H groups in total. The van der Waals surface area contributed by atoms with E-state index in [4.69, 9.17) is 119 Å². The van der Waals surface area contributed by atoms with Crippen LogP contribution < -0.4 is 79.4 Å². The fourth-order valence-corrected chi connectivity index (χ4v) is 17.0. The number of ether oxygens (including phenoxy) is 8. The summed E-state index contributed by atoms with van der Waals surface area (Å²) in [6.45, 7) is 7.55. The number of nitrogens with zero attached hydrogens (tertiary/aromatic N) is 20. The standard InChI is InChI=1S/C13H20N6O4.C12H21N.2C10H13N5O4.C10H12N2O4.C9H13N5O4.C9H13N3O3.C8H12N4O5.H2O/c1-7(2)8(14)12(21)23-4-3-22-6-19-5-16-9-10(19)17-13(15)18-11(9)20;1-8(13)12-5-9-2-10(6-12)4-11(3-9)7-12;11-8-5-9(13-2-12-8)15(3-14-5)10-7(18)6(17)4(1-16)19-10;1-5-3-15(10(18)12-9(5)17)8-2-6(13-14-11)7(4-16)19-8;1-6-4-12(10(15)11-9(6)14)8-3-2-7(5-13)16-8;10-9-12-7-6(8(17)13-9)11-3-14(7)4-18-5(1-15)2-16;10-7-3-4-12(9(14)11-7)8-2-1-6(5-13)15-8;9-6(16)7-10-2-12(11-7)8-5(15)4(14)3(1-13)17-8;/h5,7-8H,3-4,6,14H2,1-2H3,(H3,15,17,18,20);8-11H,2-7,13H2,1H3;2-4,6-7,10,16-18H,1H2,(H2,11,12,13);3,6-8,16H,2,4H2,1H3,(H,12,17,18);2-4,7-8,13H,5H2,1H3,(H,11,14,15);3,5,15-16H,1-2,4H2,(H3,10,12,13,17);3-4,6,8,13H,1-2,5H2,(H2,10,11,14);2-5,8,13-15H,1H2,(H2,9,16);1H2/t8-;;4-,6-,7+,10-;6-,7+,8+;7-,8+;;6-,8+;3-,4-,5-,8-;/m0.100.01./s1. The number of imidazole rings is 3. The van der Waals surface area contributed by atoms with Gasteiger partial charge in [-0.2, -0.15) is 15.0 Å². The minimum atomic E-state index is -1.27. The van der Waals surface area contributed by atoms with Crippen LogP contribution in [0.5, 0.6) is 0 Å². The van der Waals surface area contributed by atoms with Gasteiger partial charge in [-0.15, -0.1) is 5.10 Å². The molecule has 1 unspecified atom stereocenters. The largest absolute Gasteiger partial charge is 0.462 e. The number of rotatable bonds is 25. The van der Waals surface area contributed by atoms with Crippen LogP contribution in [0.2, 0.25) is 0 Å². The zero-order valence-corrected chi connectivity index (χ0v) is 77.0. The van der Waals surface area contributed by atoms with Crippen molar-refractivity contribution in [3.63, 3.8) is 0 Å². The number of fused-ring (bicyclic) bond motifs is 3. The van der Waals surface area contributed by atoms with Crippen LogP contribution in [0.25, 0.3) is 43.9 Å². The SMILES string of the molecule is CC(C)[C@H](N)C(=O)OCCOCn1cnc2c(=O)[nH]c(N)nc21.CC(N)C12CC3CC(CC(C3)C1)C2.Cc1cn([C@H]2C=C[C@@H](CO)O2)c(=O)[nH]c1=O.Cc1cn([C@H]2C[C@H](N=[N+]=[N-])[C@@H](CO)O2)c(=O)[nH]c1=O.NC(=O)c1ncn([C@@H]2O[C@H](CO)[C@@H](O)[C@H]2O)n1.Nc1ccn([C@H]2CC[C@@H](CO)O2)c(=O)n1.Nc1nc2c(ncn2COC(CO)CO)c(=O)[nH]1.Nc1ncnc2c1ncn2[C@@H]1O[C@H](CO)[C@@H](O)[C@@H]1O.O. The molecule has 1 amide bonds. The summed E-state index contributed by atoms with van der Waals surface area (Å²) in [6, 6.07) is 0.809. The molecule has 8 fully saturated rings. The quantitative estimate of drug-likeness (QED) is 0.00631. The zero-order chi connectivity index (χ0) is 102. The van der Waals surface area contributed by atoms with Gasteiger partial charge < -0.3 is 140 Å². The molecule has 9 aliphatic rings. The normalized spacial score (nSPS) is 25.8. The van der Waals surface area contributed by atoms with E-state index in [0.29, 0.717) is 45.8 Å². The minimum Gasteiger partial charge on any atom is -0.462 e. The van der Waals surface area contributed by atoms with Gasteiger partial charge in [0.25, 0.3) is 28.1 Å². The Morgan fingerprint density at radius 1 is 0.589 bits per heavy atom. The highest BCUT2D eigenvalue weighted by molar-refractivity contribution is 5.88. The summed E-state index contributed by atoms with van der Waals surface area (Å²) < 4.78 is 51.8. The predicted octanol–water partition coefficient (Wildman–Crippen LogP) is -7.44. The second kappa shape index (κ2) is 49.9. The van der Waals surface area contributed by atoms with Crippen LogP contribution in [0.15, 0.2) is 107 Å². The Balaban J connectivity index is 0.000000166. The van der Waals surface area contributed by atoms with Crippen LogP contribution in [0.4, 0.5) is 23.5 Å². The Morgan fingerprint density at radius 3 is 1.66 bits per heavy atom. The lowest BCUT2D eigenvalue weighted by atomic mass is 9.48. The lowest BCUT2D eigenvalue weighted by Gasteiger charge is -2.58. The number of nitrogens with one attached hydrogen (secondary N) is 4. The second-order valence-electron chi connectivity index (χ2n) is 34.4. The summed E-state index contributed by atoms with van der Waals surface area (Å²) in [7, 11) is 0. The number of primary amides is 1. The van der Waals surface area contributed by atoms with Crippen LogP contribution in [0.1, 0.15) is 131 Å². The van der Waals surface area contributed by atoms with E-state index in [2.05, 4.69) is 86.8 Å².